The lowest BCUT2D eigenvalue weighted by Gasteiger charge is -2.27. The quantitative estimate of drug-likeness (QED) is 0.772. The molecule has 0 radical (unpaired) electrons. The molecule has 0 bridgehead atoms. The Balaban J connectivity index is 0.00000242. The second-order valence-corrected chi connectivity index (χ2v) is 6.84. The van der Waals surface area contributed by atoms with Crippen LogP contribution in [0.4, 0.5) is 0 Å². The SMILES string of the molecule is Cl.NC(=O)COc1ccc(Cl)cc1S(=O)(=O)N1CCNCC1. The highest BCUT2D eigenvalue weighted by Gasteiger charge is 2.29. The van der Waals surface area contributed by atoms with Gasteiger partial charge in [0.25, 0.3) is 5.91 Å². The normalized spacial score (nSPS) is 15.9. The van der Waals surface area contributed by atoms with E-state index in [1.165, 1.54) is 22.5 Å². The number of carbonyl (C=O) groups is 1. The molecule has 1 heterocycles. The summed E-state index contributed by atoms with van der Waals surface area (Å²) in [5.41, 5.74) is 5.01. The fourth-order valence-corrected chi connectivity index (χ4v) is 3.81. The van der Waals surface area contributed by atoms with Crippen molar-refractivity contribution in [2.45, 2.75) is 4.90 Å². The van der Waals surface area contributed by atoms with E-state index in [2.05, 4.69) is 5.32 Å². The summed E-state index contributed by atoms with van der Waals surface area (Å²) in [6, 6.07) is 4.23. The molecule has 3 N–H and O–H groups in total. The van der Waals surface area contributed by atoms with E-state index in [-0.39, 0.29) is 28.1 Å². The van der Waals surface area contributed by atoms with E-state index in [0.29, 0.717) is 26.2 Å². The lowest BCUT2D eigenvalue weighted by atomic mass is 10.3. The van der Waals surface area contributed by atoms with Crippen LogP contribution in [0, 0.1) is 0 Å². The highest BCUT2D eigenvalue weighted by molar-refractivity contribution is 7.89. The van der Waals surface area contributed by atoms with Crippen LogP contribution in [0.15, 0.2) is 23.1 Å². The number of nitrogens with two attached hydrogens (primary N) is 1. The standard InChI is InChI=1S/C12H16ClN3O4S.ClH/c13-9-1-2-10(20-8-12(14)17)11(7-9)21(18,19)16-5-3-15-4-6-16;/h1-2,7,15H,3-6,8H2,(H2,14,17);1H. The number of rotatable bonds is 5. The van der Waals surface area contributed by atoms with Crippen molar-refractivity contribution < 1.29 is 17.9 Å². The molecule has 0 saturated carbocycles. The van der Waals surface area contributed by atoms with Crippen molar-refractivity contribution in [1.82, 2.24) is 9.62 Å². The zero-order valence-corrected chi connectivity index (χ0v) is 14.0. The Morgan fingerprint density at radius 2 is 2.00 bits per heavy atom. The summed E-state index contributed by atoms with van der Waals surface area (Å²) in [4.78, 5) is 10.7. The molecule has 0 aromatic heterocycles. The first-order valence-electron chi connectivity index (χ1n) is 6.33. The van der Waals surface area contributed by atoms with E-state index in [1.54, 1.807) is 0 Å². The Bertz CT molecular complexity index is 633. The van der Waals surface area contributed by atoms with Crippen LogP contribution >= 0.6 is 24.0 Å². The van der Waals surface area contributed by atoms with Gasteiger partial charge in [0.05, 0.1) is 0 Å². The molecule has 1 aliphatic rings. The first kappa shape index (κ1) is 19.0. The van der Waals surface area contributed by atoms with Crippen LogP contribution in [-0.4, -0.2) is 51.4 Å². The number of amides is 1. The van der Waals surface area contributed by atoms with Gasteiger partial charge in [0.1, 0.15) is 10.6 Å². The van der Waals surface area contributed by atoms with E-state index in [0.717, 1.165) is 0 Å². The number of ether oxygens (including phenoxy) is 1. The van der Waals surface area contributed by atoms with E-state index in [9.17, 15) is 13.2 Å². The second kappa shape index (κ2) is 7.98. The molecular formula is C12H17Cl2N3O4S. The second-order valence-electron chi connectivity index (χ2n) is 4.50. The van der Waals surface area contributed by atoms with Crippen LogP contribution in [0.25, 0.3) is 0 Å². The first-order chi connectivity index (χ1) is 9.91. The number of nitrogens with zero attached hydrogens (tertiary/aromatic N) is 1. The van der Waals surface area contributed by atoms with Gasteiger partial charge in [-0.1, -0.05) is 11.6 Å². The Labute approximate surface area is 140 Å². The van der Waals surface area contributed by atoms with E-state index >= 15 is 0 Å². The number of piperazine rings is 1. The zero-order chi connectivity index (χ0) is 15.5. The van der Waals surface area contributed by atoms with Crippen molar-refractivity contribution in [2.75, 3.05) is 32.8 Å². The Kier molecular flexibility index (Phi) is 6.89. The molecule has 1 aromatic carbocycles. The van der Waals surface area contributed by atoms with Gasteiger partial charge in [-0.15, -0.1) is 12.4 Å². The first-order valence-corrected chi connectivity index (χ1v) is 8.14. The number of benzene rings is 1. The molecule has 1 amide bonds. The summed E-state index contributed by atoms with van der Waals surface area (Å²) in [6.45, 7) is 1.49. The fraction of sp³-hybridized carbons (Fsp3) is 0.417. The van der Waals surface area contributed by atoms with Gasteiger partial charge in [0.2, 0.25) is 10.0 Å². The van der Waals surface area contributed by atoms with Gasteiger partial charge in [0.15, 0.2) is 6.61 Å². The van der Waals surface area contributed by atoms with Crippen LogP contribution in [0.5, 0.6) is 5.75 Å². The lowest BCUT2D eigenvalue weighted by molar-refractivity contribution is -0.120. The van der Waals surface area contributed by atoms with Crippen LogP contribution in [0.2, 0.25) is 5.02 Å². The molecule has 124 valence electrons. The molecule has 7 nitrogen and oxygen atoms in total. The number of halogens is 2. The van der Waals surface area contributed by atoms with Crippen LogP contribution < -0.4 is 15.8 Å². The summed E-state index contributed by atoms with van der Waals surface area (Å²) in [6.07, 6.45) is 0. The Hall–Kier alpha value is -1.06. The maximum Gasteiger partial charge on any atom is 0.255 e. The van der Waals surface area contributed by atoms with Gasteiger partial charge in [-0.3, -0.25) is 4.79 Å². The van der Waals surface area contributed by atoms with E-state index in [1.807, 2.05) is 0 Å². The number of sulfonamides is 1. The van der Waals surface area contributed by atoms with Gasteiger partial charge < -0.3 is 15.8 Å². The third-order valence-electron chi connectivity index (χ3n) is 2.97. The minimum atomic E-state index is -3.73. The smallest absolute Gasteiger partial charge is 0.255 e. The molecule has 0 aliphatic carbocycles. The number of primary amides is 1. The predicted octanol–water partition coefficient (Wildman–Crippen LogP) is 0.220. The highest BCUT2D eigenvalue weighted by Crippen LogP contribution is 2.30. The van der Waals surface area contributed by atoms with E-state index < -0.39 is 22.5 Å². The molecular weight excluding hydrogens is 353 g/mol. The third-order valence-corrected chi connectivity index (χ3v) is 5.12. The molecule has 1 aliphatic heterocycles. The minimum Gasteiger partial charge on any atom is -0.482 e. The number of hydrogen-bond acceptors (Lipinski definition) is 5. The van der Waals surface area contributed by atoms with Crippen molar-refractivity contribution >= 4 is 39.9 Å². The predicted molar refractivity (Wildman–Crippen MR) is 85.0 cm³/mol. The number of carbonyl (C=O) groups excluding carboxylic acids is 1. The van der Waals surface area contributed by atoms with Crippen LogP contribution in [0.1, 0.15) is 0 Å². The van der Waals surface area contributed by atoms with E-state index in [4.69, 9.17) is 22.1 Å². The molecule has 0 spiro atoms. The molecule has 0 unspecified atom stereocenters. The fourth-order valence-electron chi connectivity index (χ4n) is 1.98. The van der Waals surface area contributed by atoms with Crippen molar-refractivity contribution in [1.29, 1.82) is 0 Å². The maximum atomic E-state index is 12.6. The summed E-state index contributed by atoms with van der Waals surface area (Å²) in [7, 11) is -3.73. The molecule has 10 heteroatoms. The number of nitrogens with one attached hydrogen (secondary N) is 1. The topological polar surface area (TPSA) is 102 Å². The van der Waals surface area contributed by atoms with Crippen molar-refractivity contribution in [3.05, 3.63) is 23.2 Å². The molecule has 1 aromatic rings. The summed E-state index contributed by atoms with van der Waals surface area (Å²) < 4.78 is 31.8. The molecule has 1 saturated heterocycles. The molecule has 2 rings (SSSR count). The summed E-state index contributed by atoms with van der Waals surface area (Å²) in [5, 5.41) is 3.35. The van der Waals surface area contributed by atoms with Crippen molar-refractivity contribution in [3.63, 3.8) is 0 Å². The Morgan fingerprint density at radius 3 is 2.59 bits per heavy atom. The van der Waals surface area contributed by atoms with Crippen LogP contribution in [0.3, 0.4) is 0 Å². The molecule has 22 heavy (non-hydrogen) atoms. The Morgan fingerprint density at radius 1 is 1.36 bits per heavy atom. The average Bonchev–Trinajstić information content (AvgIpc) is 2.46. The average molecular weight is 370 g/mol. The summed E-state index contributed by atoms with van der Waals surface area (Å²) in [5.74, 6) is -0.618. The summed E-state index contributed by atoms with van der Waals surface area (Å²) >= 11 is 5.88. The zero-order valence-electron chi connectivity index (χ0n) is 11.6. The van der Waals surface area contributed by atoms with Gasteiger partial charge in [-0.2, -0.15) is 4.31 Å². The monoisotopic (exact) mass is 369 g/mol. The van der Waals surface area contributed by atoms with Crippen molar-refractivity contribution in [3.8, 4) is 5.75 Å². The minimum absolute atomic E-state index is 0. The number of hydrogen-bond donors (Lipinski definition) is 2. The molecule has 0 atom stereocenters. The van der Waals surface area contributed by atoms with Crippen molar-refractivity contribution in [2.24, 2.45) is 5.73 Å². The largest absolute Gasteiger partial charge is 0.482 e. The molecule has 1 fully saturated rings. The van der Waals surface area contributed by atoms with Crippen LogP contribution in [-0.2, 0) is 14.8 Å². The third kappa shape index (κ3) is 4.47. The van der Waals surface area contributed by atoms with Gasteiger partial charge in [0, 0.05) is 31.2 Å². The van der Waals surface area contributed by atoms with Gasteiger partial charge >= 0.3 is 0 Å². The lowest BCUT2D eigenvalue weighted by Crippen LogP contribution is -2.46. The maximum absolute atomic E-state index is 12.6. The van der Waals surface area contributed by atoms with Gasteiger partial charge in [-0.25, -0.2) is 8.42 Å². The highest BCUT2D eigenvalue weighted by atomic mass is 35.5. The van der Waals surface area contributed by atoms with Gasteiger partial charge in [-0.05, 0) is 18.2 Å².